The van der Waals surface area contributed by atoms with E-state index in [1.54, 1.807) is 6.07 Å². The van der Waals surface area contributed by atoms with Crippen molar-refractivity contribution in [1.29, 1.82) is 0 Å². The number of hydrazone groups is 1. The van der Waals surface area contributed by atoms with Crippen molar-refractivity contribution in [3.8, 4) is 11.5 Å². The van der Waals surface area contributed by atoms with Crippen molar-refractivity contribution in [2.45, 2.75) is 39.5 Å². The highest BCUT2D eigenvalue weighted by atomic mass is 16.5. The van der Waals surface area contributed by atoms with Gasteiger partial charge in [0.2, 0.25) is 0 Å². The molecule has 1 aliphatic rings. The number of nitrogens with one attached hydrogen (secondary N) is 1. The van der Waals surface area contributed by atoms with Crippen LogP contribution in [0.3, 0.4) is 0 Å². The van der Waals surface area contributed by atoms with Crippen LogP contribution in [0.25, 0.3) is 0 Å². The van der Waals surface area contributed by atoms with E-state index in [9.17, 15) is 4.79 Å². The molecule has 1 atom stereocenters. The minimum atomic E-state index is -0.253. The minimum absolute atomic E-state index is 0.0730. The molecule has 22 heavy (non-hydrogen) atoms. The van der Waals surface area contributed by atoms with Gasteiger partial charge in [0, 0.05) is 5.71 Å². The standard InChI is InChI=1S/C17H24N2O3/c1-3-21-15-9-4-5-10-16(15)22-12-17(20)19-18-14-8-6-7-13(2)11-14/h4-5,9-10,13H,3,6-8,11-12H2,1-2H3,(H,19,20)/b18-14+. The lowest BCUT2D eigenvalue weighted by Crippen LogP contribution is -2.27. The van der Waals surface area contributed by atoms with Crippen molar-refractivity contribution >= 4 is 11.6 Å². The highest BCUT2D eigenvalue weighted by molar-refractivity contribution is 5.87. The maximum atomic E-state index is 11.8. The van der Waals surface area contributed by atoms with Gasteiger partial charge >= 0.3 is 0 Å². The first kappa shape index (κ1) is 16.3. The number of carbonyl (C=O) groups excluding carboxylic acids is 1. The van der Waals surface area contributed by atoms with Crippen molar-refractivity contribution in [1.82, 2.24) is 5.43 Å². The number of rotatable bonds is 6. The van der Waals surface area contributed by atoms with Crippen LogP contribution in [0.5, 0.6) is 11.5 Å². The molecule has 1 aromatic rings. The van der Waals surface area contributed by atoms with Gasteiger partial charge in [0.05, 0.1) is 6.61 Å². The lowest BCUT2D eigenvalue weighted by atomic mass is 9.89. The second-order valence-electron chi connectivity index (χ2n) is 5.58. The number of hydrogen-bond acceptors (Lipinski definition) is 4. The van der Waals surface area contributed by atoms with Gasteiger partial charge in [-0.2, -0.15) is 5.10 Å². The Kier molecular flexibility index (Phi) is 6.25. The molecule has 5 nitrogen and oxygen atoms in total. The molecule has 1 N–H and O–H groups in total. The van der Waals surface area contributed by atoms with Crippen molar-refractivity contribution in [3.63, 3.8) is 0 Å². The Labute approximate surface area is 131 Å². The first-order valence-corrected chi connectivity index (χ1v) is 7.88. The van der Waals surface area contributed by atoms with Crippen LogP contribution in [0, 0.1) is 5.92 Å². The van der Waals surface area contributed by atoms with E-state index in [0.29, 0.717) is 24.0 Å². The summed E-state index contributed by atoms with van der Waals surface area (Å²) in [6.45, 7) is 4.60. The number of amides is 1. The fraction of sp³-hybridized carbons (Fsp3) is 0.529. The third-order valence-corrected chi connectivity index (χ3v) is 3.59. The predicted molar refractivity (Wildman–Crippen MR) is 86.3 cm³/mol. The Morgan fingerprint density at radius 3 is 2.73 bits per heavy atom. The third kappa shape index (κ3) is 5.06. The van der Waals surface area contributed by atoms with Crippen LogP contribution in [-0.4, -0.2) is 24.8 Å². The lowest BCUT2D eigenvalue weighted by Gasteiger charge is -2.19. The van der Waals surface area contributed by atoms with E-state index in [4.69, 9.17) is 9.47 Å². The molecule has 1 unspecified atom stereocenters. The molecule has 1 fully saturated rings. The van der Waals surface area contributed by atoms with Crippen LogP contribution in [0.2, 0.25) is 0 Å². The van der Waals surface area contributed by atoms with E-state index in [1.807, 2.05) is 25.1 Å². The van der Waals surface area contributed by atoms with Crippen LogP contribution >= 0.6 is 0 Å². The molecule has 1 saturated carbocycles. The zero-order valence-electron chi connectivity index (χ0n) is 13.3. The fourth-order valence-corrected chi connectivity index (χ4v) is 2.52. The second kappa shape index (κ2) is 8.41. The minimum Gasteiger partial charge on any atom is -0.490 e. The normalized spacial score (nSPS) is 19.7. The number of benzene rings is 1. The molecule has 0 aliphatic heterocycles. The molecule has 1 aliphatic carbocycles. The van der Waals surface area contributed by atoms with Gasteiger partial charge in [0.1, 0.15) is 0 Å². The number of hydrogen-bond donors (Lipinski definition) is 1. The second-order valence-corrected chi connectivity index (χ2v) is 5.58. The predicted octanol–water partition coefficient (Wildman–Crippen LogP) is 3.15. The number of nitrogens with zero attached hydrogens (tertiary/aromatic N) is 1. The third-order valence-electron chi connectivity index (χ3n) is 3.59. The summed E-state index contributed by atoms with van der Waals surface area (Å²) >= 11 is 0. The van der Waals surface area contributed by atoms with Gasteiger partial charge in [-0.15, -0.1) is 0 Å². The van der Waals surface area contributed by atoms with Crippen molar-refractivity contribution in [2.24, 2.45) is 11.0 Å². The molecule has 0 aromatic heterocycles. The molecule has 0 saturated heterocycles. The number of ether oxygens (including phenoxy) is 2. The van der Waals surface area contributed by atoms with E-state index in [0.717, 1.165) is 25.0 Å². The largest absolute Gasteiger partial charge is 0.490 e. The summed E-state index contributed by atoms with van der Waals surface area (Å²) in [6, 6.07) is 7.32. The summed E-state index contributed by atoms with van der Waals surface area (Å²) in [4.78, 5) is 11.8. The van der Waals surface area contributed by atoms with Crippen LogP contribution in [-0.2, 0) is 4.79 Å². The van der Waals surface area contributed by atoms with E-state index in [-0.39, 0.29) is 12.5 Å². The Hall–Kier alpha value is -2.04. The highest BCUT2D eigenvalue weighted by Gasteiger charge is 2.14. The molecule has 0 radical (unpaired) electrons. The SMILES string of the molecule is CCOc1ccccc1OCC(=O)N/N=C1\CCCC(C)C1. The van der Waals surface area contributed by atoms with E-state index < -0.39 is 0 Å². The summed E-state index contributed by atoms with van der Waals surface area (Å²) in [7, 11) is 0. The van der Waals surface area contributed by atoms with Gasteiger partial charge in [0.15, 0.2) is 18.1 Å². The van der Waals surface area contributed by atoms with Crippen molar-refractivity contribution in [2.75, 3.05) is 13.2 Å². The fourth-order valence-electron chi connectivity index (χ4n) is 2.52. The molecule has 0 bridgehead atoms. The lowest BCUT2D eigenvalue weighted by molar-refractivity contribution is -0.123. The van der Waals surface area contributed by atoms with Crippen LogP contribution < -0.4 is 14.9 Å². The van der Waals surface area contributed by atoms with Gasteiger partial charge in [-0.05, 0) is 50.7 Å². The first-order chi connectivity index (χ1) is 10.7. The van der Waals surface area contributed by atoms with Crippen LogP contribution in [0.1, 0.15) is 39.5 Å². The van der Waals surface area contributed by atoms with Crippen LogP contribution in [0.4, 0.5) is 0 Å². The molecule has 1 amide bonds. The van der Waals surface area contributed by atoms with E-state index in [2.05, 4.69) is 17.5 Å². The highest BCUT2D eigenvalue weighted by Crippen LogP contribution is 2.26. The molecule has 120 valence electrons. The topological polar surface area (TPSA) is 59.9 Å². The van der Waals surface area contributed by atoms with Crippen LogP contribution in [0.15, 0.2) is 29.4 Å². The van der Waals surface area contributed by atoms with Gasteiger partial charge in [-0.1, -0.05) is 19.1 Å². The quantitative estimate of drug-likeness (QED) is 0.821. The number of para-hydroxylation sites is 2. The van der Waals surface area contributed by atoms with Crippen molar-refractivity contribution in [3.05, 3.63) is 24.3 Å². The molecule has 5 heteroatoms. The van der Waals surface area contributed by atoms with Gasteiger partial charge in [0.25, 0.3) is 5.91 Å². The zero-order valence-corrected chi connectivity index (χ0v) is 13.3. The average molecular weight is 304 g/mol. The smallest absolute Gasteiger partial charge is 0.277 e. The van der Waals surface area contributed by atoms with Gasteiger partial charge < -0.3 is 9.47 Å². The van der Waals surface area contributed by atoms with Gasteiger partial charge in [-0.3, -0.25) is 4.79 Å². The molecule has 0 spiro atoms. The summed E-state index contributed by atoms with van der Waals surface area (Å²) in [6.07, 6.45) is 4.32. The Bertz CT molecular complexity index is 528. The van der Waals surface area contributed by atoms with Crippen molar-refractivity contribution < 1.29 is 14.3 Å². The molecular formula is C17H24N2O3. The Morgan fingerprint density at radius 1 is 1.32 bits per heavy atom. The maximum absolute atomic E-state index is 11.8. The zero-order chi connectivity index (χ0) is 15.8. The molecular weight excluding hydrogens is 280 g/mol. The summed E-state index contributed by atoms with van der Waals surface area (Å²) in [5.74, 6) is 1.61. The molecule has 0 heterocycles. The Balaban J connectivity index is 1.81. The molecule has 1 aromatic carbocycles. The number of carbonyl (C=O) groups is 1. The van der Waals surface area contributed by atoms with E-state index >= 15 is 0 Å². The maximum Gasteiger partial charge on any atom is 0.277 e. The monoisotopic (exact) mass is 304 g/mol. The summed E-state index contributed by atoms with van der Waals surface area (Å²) in [5, 5.41) is 4.21. The first-order valence-electron chi connectivity index (χ1n) is 7.88. The van der Waals surface area contributed by atoms with Gasteiger partial charge in [-0.25, -0.2) is 5.43 Å². The summed E-state index contributed by atoms with van der Waals surface area (Å²) in [5.41, 5.74) is 3.65. The average Bonchev–Trinajstić information content (AvgIpc) is 2.52. The van der Waals surface area contributed by atoms with E-state index in [1.165, 1.54) is 6.42 Å². The molecule has 2 rings (SSSR count). The Morgan fingerprint density at radius 2 is 2.05 bits per heavy atom. The summed E-state index contributed by atoms with van der Waals surface area (Å²) < 4.78 is 11.0.